The average Bonchev–Trinajstić information content (AvgIpc) is 2.46. The minimum atomic E-state index is -4.70. The number of alkyl halides is 3. The first-order chi connectivity index (χ1) is 10.2. The van der Waals surface area contributed by atoms with Crippen LogP contribution in [0.15, 0.2) is 42.5 Å². The van der Waals surface area contributed by atoms with E-state index >= 15 is 0 Å². The molecule has 2 rings (SSSR count). The maximum atomic E-state index is 13.0. The van der Waals surface area contributed by atoms with Crippen molar-refractivity contribution in [1.82, 2.24) is 0 Å². The number of rotatable bonds is 3. The molecule has 0 saturated heterocycles. The van der Waals surface area contributed by atoms with Crippen molar-refractivity contribution in [2.24, 2.45) is 0 Å². The Bertz CT molecular complexity index is 754. The molecular formula is C15H10F3NO3. The molecule has 0 fully saturated rings. The van der Waals surface area contributed by atoms with Crippen molar-refractivity contribution in [1.29, 1.82) is 0 Å². The zero-order valence-corrected chi connectivity index (χ0v) is 11.0. The molecule has 0 amide bonds. The van der Waals surface area contributed by atoms with Crippen LogP contribution in [0, 0.1) is 0 Å². The van der Waals surface area contributed by atoms with E-state index in [1.807, 2.05) is 0 Å². The maximum Gasteiger partial charge on any atom is 0.417 e. The Morgan fingerprint density at radius 2 is 1.64 bits per heavy atom. The van der Waals surface area contributed by atoms with Gasteiger partial charge in [-0.15, -0.1) is 0 Å². The van der Waals surface area contributed by atoms with Gasteiger partial charge in [-0.05, 0) is 24.3 Å². The molecule has 0 atom stereocenters. The summed E-state index contributed by atoms with van der Waals surface area (Å²) in [6.07, 6.45) is -4.70. The third kappa shape index (κ3) is 2.93. The Labute approximate surface area is 123 Å². The van der Waals surface area contributed by atoms with Crippen LogP contribution >= 0.6 is 0 Å². The van der Waals surface area contributed by atoms with Crippen molar-refractivity contribution in [3.8, 4) is 0 Å². The molecule has 0 bridgehead atoms. The first kappa shape index (κ1) is 15.6. The van der Waals surface area contributed by atoms with Crippen LogP contribution in [0.3, 0.4) is 0 Å². The Balaban J connectivity index is 2.59. The zero-order valence-electron chi connectivity index (χ0n) is 11.0. The van der Waals surface area contributed by atoms with Gasteiger partial charge in [0.05, 0.1) is 11.1 Å². The highest BCUT2D eigenvalue weighted by atomic mass is 19.4. The lowest BCUT2D eigenvalue weighted by Crippen LogP contribution is -2.15. The third-order valence-corrected chi connectivity index (χ3v) is 3.02. The number of ketones is 1. The first-order valence-corrected chi connectivity index (χ1v) is 6.05. The number of hydrogen-bond donors (Lipinski definition) is 2. The quantitative estimate of drug-likeness (QED) is 0.674. The van der Waals surface area contributed by atoms with Crippen LogP contribution in [0.2, 0.25) is 0 Å². The number of hydrogen-bond acceptors (Lipinski definition) is 3. The number of carboxylic acids is 1. The first-order valence-electron chi connectivity index (χ1n) is 6.05. The number of halogens is 3. The number of carboxylic acid groups (broad SMARTS) is 1. The Morgan fingerprint density at radius 3 is 2.23 bits per heavy atom. The van der Waals surface area contributed by atoms with Gasteiger partial charge in [0.1, 0.15) is 0 Å². The predicted molar refractivity (Wildman–Crippen MR) is 72.7 cm³/mol. The largest absolute Gasteiger partial charge is 0.478 e. The fraction of sp³-hybridized carbons (Fsp3) is 0.0667. The summed E-state index contributed by atoms with van der Waals surface area (Å²) in [7, 11) is 0. The summed E-state index contributed by atoms with van der Waals surface area (Å²) in [6.45, 7) is 0. The maximum absolute atomic E-state index is 13.0. The molecule has 0 aliphatic rings. The van der Waals surface area contributed by atoms with Crippen LogP contribution in [0.5, 0.6) is 0 Å². The molecule has 0 aliphatic carbocycles. The van der Waals surface area contributed by atoms with Crippen LogP contribution in [0.25, 0.3) is 0 Å². The van der Waals surface area contributed by atoms with E-state index in [9.17, 15) is 22.8 Å². The molecule has 0 radical (unpaired) electrons. The molecule has 0 aromatic heterocycles. The molecule has 0 unspecified atom stereocenters. The van der Waals surface area contributed by atoms with Crippen molar-refractivity contribution in [3.63, 3.8) is 0 Å². The van der Waals surface area contributed by atoms with Gasteiger partial charge in [-0.2, -0.15) is 13.2 Å². The van der Waals surface area contributed by atoms with Crippen molar-refractivity contribution in [3.05, 3.63) is 64.7 Å². The second-order valence-electron chi connectivity index (χ2n) is 4.48. The van der Waals surface area contributed by atoms with Crippen molar-refractivity contribution in [2.45, 2.75) is 6.18 Å². The normalized spacial score (nSPS) is 11.2. The topological polar surface area (TPSA) is 80.4 Å². The highest BCUT2D eigenvalue weighted by Crippen LogP contribution is 2.33. The van der Waals surface area contributed by atoms with Crippen LogP contribution < -0.4 is 5.73 Å². The molecule has 3 N–H and O–H groups in total. The molecule has 2 aromatic carbocycles. The van der Waals surface area contributed by atoms with Gasteiger partial charge in [0.2, 0.25) is 0 Å². The second-order valence-corrected chi connectivity index (χ2v) is 4.48. The minimum absolute atomic E-state index is 0.0908. The van der Waals surface area contributed by atoms with E-state index in [0.29, 0.717) is 0 Å². The van der Waals surface area contributed by atoms with Crippen LogP contribution in [0.4, 0.5) is 18.9 Å². The molecule has 0 saturated carbocycles. The number of carbonyl (C=O) groups excluding carboxylic acids is 1. The van der Waals surface area contributed by atoms with E-state index in [2.05, 4.69) is 0 Å². The van der Waals surface area contributed by atoms with Gasteiger partial charge in [0, 0.05) is 16.8 Å². The minimum Gasteiger partial charge on any atom is -0.478 e. The van der Waals surface area contributed by atoms with E-state index in [1.165, 1.54) is 18.2 Å². The molecular weight excluding hydrogens is 299 g/mol. The standard InChI is InChI=1S/C15H10F3NO3/c16-15(17,18)11-4-2-1-3-9(11)13(20)10-7-8(14(21)22)5-6-12(10)19/h1-7H,19H2,(H,21,22). The highest BCUT2D eigenvalue weighted by Gasteiger charge is 2.35. The van der Waals surface area contributed by atoms with Gasteiger partial charge >= 0.3 is 12.1 Å². The number of carbonyl (C=O) groups is 2. The van der Waals surface area contributed by atoms with Crippen LogP contribution in [-0.4, -0.2) is 16.9 Å². The number of benzene rings is 2. The summed E-state index contributed by atoms with van der Waals surface area (Å²) in [5.41, 5.74) is 3.31. The summed E-state index contributed by atoms with van der Waals surface area (Å²) in [6, 6.07) is 7.57. The zero-order chi connectivity index (χ0) is 16.5. The monoisotopic (exact) mass is 309 g/mol. The molecule has 0 spiro atoms. The summed E-state index contributed by atoms with van der Waals surface area (Å²) in [5.74, 6) is -2.29. The number of anilines is 1. The second kappa shape index (κ2) is 5.51. The summed E-state index contributed by atoms with van der Waals surface area (Å²) < 4.78 is 38.9. The SMILES string of the molecule is Nc1ccc(C(=O)O)cc1C(=O)c1ccccc1C(F)(F)F. The Kier molecular flexibility index (Phi) is 3.90. The number of aromatic carboxylic acids is 1. The number of nitrogen functional groups attached to an aromatic ring is 1. The Hall–Kier alpha value is -2.83. The van der Waals surface area contributed by atoms with E-state index in [1.54, 1.807) is 0 Å². The van der Waals surface area contributed by atoms with Crippen molar-refractivity contribution in [2.75, 3.05) is 5.73 Å². The van der Waals surface area contributed by atoms with E-state index in [-0.39, 0.29) is 16.8 Å². The van der Waals surface area contributed by atoms with Crippen LogP contribution in [-0.2, 0) is 6.18 Å². The fourth-order valence-corrected chi connectivity index (χ4v) is 1.96. The molecule has 114 valence electrons. The molecule has 0 aliphatic heterocycles. The van der Waals surface area contributed by atoms with Gasteiger partial charge in [0.25, 0.3) is 0 Å². The molecule has 2 aromatic rings. The highest BCUT2D eigenvalue weighted by molar-refractivity contribution is 6.13. The van der Waals surface area contributed by atoms with Crippen LogP contribution in [0.1, 0.15) is 31.8 Å². The van der Waals surface area contributed by atoms with Gasteiger partial charge in [0.15, 0.2) is 5.78 Å². The third-order valence-electron chi connectivity index (χ3n) is 3.02. The van der Waals surface area contributed by atoms with E-state index in [4.69, 9.17) is 10.8 Å². The Morgan fingerprint density at radius 1 is 1.00 bits per heavy atom. The fourth-order valence-electron chi connectivity index (χ4n) is 1.96. The van der Waals surface area contributed by atoms with Gasteiger partial charge < -0.3 is 10.8 Å². The summed E-state index contributed by atoms with van der Waals surface area (Å²) in [5, 5.41) is 8.90. The van der Waals surface area contributed by atoms with Crippen molar-refractivity contribution < 1.29 is 27.9 Å². The average molecular weight is 309 g/mol. The summed E-state index contributed by atoms with van der Waals surface area (Å²) in [4.78, 5) is 23.3. The predicted octanol–water partition coefficient (Wildman–Crippen LogP) is 3.22. The molecule has 22 heavy (non-hydrogen) atoms. The van der Waals surface area contributed by atoms with Gasteiger partial charge in [-0.1, -0.05) is 18.2 Å². The van der Waals surface area contributed by atoms with E-state index in [0.717, 1.165) is 24.3 Å². The lowest BCUT2D eigenvalue weighted by Gasteiger charge is -2.13. The molecule has 4 nitrogen and oxygen atoms in total. The lowest BCUT2D eigenvalue weighted by atomic mass is 9.95. The van der Waals surface area contributed by atoms with Gasteiger partial charge in [-0.3, -0.25) is 4.79 Å². The lowest BCUT2D eigenvalue weighted by molar-refractivity contribution is -0.137. The molecule has 0 heterocycles. The number of nitrogens with two attached hydrogens (primary N) is 1. The smallest absolute Gasteiger partial charge is 0.417 e. The van der Waals surface area contributed by atoms with E-state index < -0.39 is 29.1 Å². The summed E-state index contributed by atoms with van der Waals surface area (Å²) >= 11 is 0. The van der Waals surface area contributed by atoms with Crippen molar-refractivity contribution >= 4 is 17.4 Å². The molecule has 7 heteroatoms. The van der Waals surface area contributed by atoms with Gasteiger partial charge in [-0.25, -0.2) is 4.79 Å².